The molecule has 8 heteroatoms. The summed E-state index contributed by atoms with van der Waals surface area (Å²) >= 11 is 0. The standard InChI is InChI=1S/C26H32N4O4/c1-6-13-30-18(5)22(24(31)34-7-2)23(29-26(30)33)19-9-8-10-20(15-19)27-25(32)28-21-12-11-16(3)17(4)14-21/h8-12,14-15,23H,6-7,13H2,1-5H3,(H,29,33)(H2,27,28,32). The first-order valence-electron chi connectivity index (χ1n) is 11.5. The third-order valence-electron chi connectivity index (χ3n) is 5.78. The number of carbonyl (C=O) groups is 3. The Morgan fingerprint density at radius 3 is 2.35 bits per heavy atom. The van der Waals surface area contributed by atoms with E-state index in [1.54, 1.807) is 43.0 Å². The number of ether oxygens (including phenoxy) is 1. The van der Waals surface area contributed by atoms with Crippen LogP contribution in [0.1, 0.15) is 49.9 Å². The molecule has 0 fully saturated rings. The van der Waals surface area contributed by atoms with Crippen LogP contribution in [0.5, 0.6) is 0 Å². The van der Waals surface area contributed by atoms with E-state index in [-0.39, 0.29) is 18.7 Å². The predicted octanol–water partition coefficient (Wildman–Crippen LogP) is 5.26. The van der Waals surface area contributed by atoms with E-state index >= 15 is 0 Å². The van der Waals surface area contributed by atoms with Gasteiger partial charge in [0.05, 0.1) is 18.2 Å². The maximum atomic E-state index is 12.8. The van der Waals surface area contributed by atoms with Crippen LogP contribution in [-0.4, -0.2) is 36.1 Å². The minimum Gasteiger partial charge on any atom is -0.463 e. The molecule has 2 aromatic carbocycles. The lowest BCUT2D eigenvalue weighted by Crippen LogP contribution is -2.48. The Balaban J connectivity index is 1.86. The van der Waals surface area contributed by atoms with Crippen LogP contribution in [0.25, 0.3) is 0 Å². The van der Waals surface area contributed by atoms with Crippen molar-refractivity contribution in [2.24, 2.45) is 0 Å². The van der Waals surface area contributed by atoms with Gasteiger partial charge in [-0.2, -0.15) is 0 Å². The van der Waals surface area contributed by atoms with Crippen LogP contribution >= 0.6 is 0 Å². The summed E-state index contributed by atoms with van der Waals surface area (Å²) in [5, 5.41) is 8.56. The van der Waals surface area contributed by atoms with Gasteiger partial charge >= 0.3 is 18.0 Å². The van der Waals surface area contributed by atoms with Gasteiger partial charge in [0.2, 0.25) is 0 Å². The lowest BCUT2D eigenvalue weighted by atomic mass is 9.94. The Morgan fingerprint density at radius 1 is 1.00 bits per heavy atom. The molecule has 2 aromatic rings. The average Bonchev–Trinajstić information content (AvgIpc) is 2.79. The Morgan fingerprint density at radius 2 is 1.71 bits per heavy atom. The van der Waals surface area contributed by atoms with Gasteiger partial charge in [-0.15, -0.1) is 0 Å². The Labute approximate surface area is 200 Å². The van der Waals surface area contributed by atoms with Crippen molar-refractivity contribution < 1.29 is 19.1 Å². The molecule has 0 aliphatic carbocycles. The number of amides is 4. The summed E-state index contributed by atoms with van der Waals surface area (Å²) in [6.45, 7) is 10.2. The van der Waals surface area contributed by atoms with Crippen molar-refractivity contribution in [3.63, 3.8) is 0 Å². The second kappa shape index (κ2) is 10.9. The molecular weight excluding hydrogens is 432 g/mol. The fourth-order valence-corrected chi connectivity index (χ4v) is 3.91. The fourth-order valence-electron chi connectivity index (χ4n) is 3.91. The van der Waals surface area contributed by atoms with E-state index in [2.05, 4.69) is 16.0 Å². The summed E-state index contributed by atoms with van der Waals surface area (Å²) < 4.78 is 5.29. The first-order chi connectivity index (χ1) is 16.2. The van der Waals surface area contributed by atoms with Crippen LogP contribution in [0.2, 0.25) is 0 Å². The highest BCUT2D eigenvalue weighted by Crippen LogP contribution is 2.32. The third-order valence-corrected chi connectivity index (χ3v) is 5.78. The summed E-state index contributed by atoms with van der Waals surface area (Å²) in [4.78, 5) is 39.7. The van der Waals surface area contributed by atoms with E-state index in [0.717, 1.165) is 17.5 Å². The smallest absolute Gasteiger partial charge is 0.338 e. The highest BCUT2D eigenvalue weighted by molar-refractivity contribution is 6.00. The zero-order valence-electron chi connectivity index (χ0n) is 20.3. The van der Waals surface area contributed by atoms with Crippen molar-refractivity contribution in [2.75, 3.05) is 23.8 Å². The normalized spacial score (nSPS) is 15.6. The van der Waals surface area contributed by atoms with Crippen LogP contribution in [0.15, 0.2) is 53.7 Å². The number of nitrogens with one attached hydrogen (secondary N) is 3. The number of urea groups is 2. The van der Waals surface area contributed by atoms with Gasteiger partial charge < -0.3 is 20.7 Å². The number of nitrogens with zero attached hydrogens (tertiary/aromatic N) is 1. The number of esters is 1. The van der Waals surface area contributed by atoms with E-state index < -0.39 is 12.0 Å². The van der Waals surface area contributed by atoms with Crippen LogP contribution in [0.3, 0.4) is 0 Å². The summed E-state index contributed by atoms with van der Waals surface area (Å²) in [5.74, 6) is -0.475. The van der Waals surface area contributed by atoms with E-state index in [1.165, 1.54) is 0 Å². The average molecular weight is 465 g/mol. The van der Waals surface area contributed by atoms with Crippen molar-refractivity contribution in [2.45, 2.75) is 47.1 Å². The molecule has 1 aliphatic rings. The van der Waals surface area contributed by atoms with Gasteiger partial charge in [-0.3, -0.25) is 4.90 Å². The predicted molar refractivity (Wildman–Crippen MR) is 133 cm³/mol. The van der Waals surface area contributed by atoms with Gasteiger partial charge in [-0.05, 0) is 75.1 Å². The van der Waals surface area contributed by atoms with E-state index in [4.69, 9.17) is 4.74 Å². The van der Waals surface area contributed by atoms with Crippen molar-refractivity contribution in [3.05, 3.63) is 70.4 Å². The van der Waals surface area contributed by atoms with Gasteiger partial charge in [0, 0.05) is 23.6 Å². The van der Waals surface area contributed by atoms with Crippen LogP contribution in [0, 0.1) is 13.8 Å². The van der Waals surface area contributed by atoms with Crippen molar-refractivity contribution >= 4 is 29.4 Å². The number of hydrogen-bond acceptors (Lipinski definition) is 4. The molecule has 180 valence electrons. The maximum absolute atomic E-state index is 12.8. The number of aryl methyl sites for hydroxylation is 2. The minimum absolute atomic E-state index is 0.226. The minimum atomic E-state index is -0.691. The van der Waals surface area contributed by atoms with Gasteiger partial charge in [0.25, 0.3) is 0 Å². The molecule has 1 aliphatic heterocycles. The molecule has 0 radical (unpaired) electrons. The van der Waals surface area contributed by atoms with Crippen molar-refractivity contribution in [3.8, 4) is 0 Å². The van der Waals surface area contributed by atoms with Gasteiger partial charge in [-0.25, -0.2) is 14.4 Å². The molecule has 0 spiro atoms. The molecule has 3 N–H and O–H groups in total. The second-order valence-corrected chi connectivity index (χ2v) is 8.26. The largest absolute Gasteiger partial charge is 0.463 e. The molecule has 0 aromatic heterocycles. The molecule has 0 saturated heterocycles. The zero-order chi connectivity index (χ0) is 24.8. The Bertz CT molecular complexity index is 1130. The summed E-state index contributed by atoms with van der Waals surface area (Å²) in [5.41, 5.74) is 5.06. The fraction of sp³-hybridized carbons (Fsp3) is 0.346. The van der Waals surface area contributed by atoms with Crippen molar-refractivity contribution in [1.82, 2.24) is 10.2 Å². The molecule has 3 rings (SSSR count). The number of allylic oxidation sites excluding steroid dienone is 1. The molecule has 34 heavy (non-hydrogen) atoms. The highest BCUT2D eigenvalue weighted by Gasteiger charge is 2.36. The molecular formula is C26H32N4O4. The monoisotopic (exact) mass is 464 g/mol. The first kappa shape index (κ1) is 24.8. The van der Waals surface area contributed by atoms with Gasteiger partial charge in [-0.1, -0.05) is 25.1 Å². The van der Waals surface area contributed by atoms with Crippen LogP contribution in [-0.2, 0) is 9.53 Å². The van der Waals surface area contributed by atoms with E-state index in [1.807, 2.05) is 39.0 Å². The quantitative estimate of drug-likeness (QED) is 0.487. The highest BCUT2D eigenvalue weighted by atomic mass is 16.5. The number of benzene rings is 2. The van der Waals surface area contributed by atoms with E-state index in [0.29, 0.717) is 34.8 Å². The Kier molecular flexibility index (Phi) is 7.94. The molecule has 1 unspecified atom stereocenters. The maximum Gasteiger partial charge on any atom is 0.338 e. The molecule has 0 bridgehead atoms. The number of anilines is 2. The SMILES string of the molecule is CCCN1C(=O)NC(c2cccc(NC(=O)Nc3ccc(C)c(C)c3)c2)C(C(=O)OCC)=C1C. The Hall–Kier alpha value is -3.81. The number of hydrogen-bond donors (Lipinski definition) is 3. The molecule has 1 heterocycles. The summed E-state index contributed by atoms with van der Waals surface area (Å²) in [7, 11) is 0. The molecule has 0 saturated carbocycles. The molecule has 8 nitrogen and oxygen atoms in total. The summed E-state index contributed by atoms with van der Waals surface area (Å²) in [6.07, 6.45) is 0.751. The van der Waals surface area contributed by atoms with E-state index in [9.17, 15) is 14.4 Å². The molecule has 4 amide bonds. The van der Waals surface area contributed by atoms with Crippen molar-refractivity contribution in [1.29, 1.82) is 0 Å². The number of rotatable bonds is 7. The van der Waals surface area contributed by atoms with Gasteiger partial charge in [0.1, 0.15) is 0 Å². The summed E-state index contributed by atoms with van der Waals surface area (Å²) in [6, 6.07) is 11.4. The van der Waals surface area contributed by atoms with Crippen LogP contribution in [0.4, 0.5) is 21.0 Å². The lowest BCUT2D eigenvalue weighted by molar-refractivity contribution is -0.139. The second-order valence-electron chi connectivity index (χ2n) is 8.26. The van der Waals surface area contributed by atoms with Gasteiger partial charge in [0.15, 0.2) is 0 Å². The lowest BCUT2D eigenvalue weighted by Gasteiger charge is -2.35. The zero-order valence-corrected chi connectivity index (χ0v) is 20.3. The third kappa shape index (κ3) is 5.57. The first-order valence-corrected chi connectivity index (χ1v) is 11.5. The molecule has 1 atom stereocenters. The van der Waals surface area contributed by atoms with Crippen LogP contribution < -0.4 is 16.0 Å². The number of carbonyl (C=O) groups excluding carboxylic acids is 3. The topological polar surface area (TPSA) is 99.8 Å².